The first-order valence-corrected chi connectivity index (χ1v) is 11.9. The Morgan fingerprint density at radius 2 is 1.78 bits per heavy atom. The van der Waals surface area contributed by atoms with Crippen molar-refractivity contribution in [1.82, 2.24) is 20.5 Å². The number of ether oxygens (including phenoxy) is 2. The predicted octanol–water partition coefficient (Wildman–Crippen LogP) is 2.73. The largest absolute Gasteiger partial charge is 0.379 e. The van der Waals surface area contributed by atoms with Gasteiger partial charge in [-0.1, -0.05) is 20.3 Å². The molecule has 0 unspecified atom stereocenters. The maximum atomic E-state index is 5.62. The summed E-state index contributed by atoms with van der Waals surface area (Å²) in [6.07, 6.45) is 4.16. The second-order valence-electron chi connectivity index (χ2n) is 7.64. The van der Waals surface area contributed by atoms with Crippen LogP contribution in [0.2, 0.25) is 0 Å². The number of hydrogen-bond acceptors (Lipinski definition) is 6. The molecule has 1 saturated heterocycles. The van der Waals surface area contributed by atoms with Gasteiger partial charge in [0.1, 0.15) is 5.82 Å². The molecule has 1 aromatic heterocycles. The van der Waals surface area contributed by atoms with Gasteiger partial charge >= 0.3 is 0 Å². The van der Waals surface area contributed by atoms with Gasteiger partial charge in [-0.3, -0.25) is 0 Å². The van der Waals surface area contributed by atoms with Crippen molar-refractivity contribution in [1.29, 1.82) is 0 Å². The molecule has 0 radical (unpaired) electrons. The second-order valence-corrected chi connectivity index (χ2v) is 7.64. The molecule has 1 aliphatic rings. The second kappa shape index (κ2) is 18.3. The maximum Gasteiger partial charge on any atom is 0.191 e. The van der Waals surface area contributed by atoms with E-state index in [-0.39, 0.29) is 24.0 Å². The number of pyridine rings is 1. The SMILES string of the molecule is CCCCOCCOCCNC(=NCc1ccnc(N2CCN(CC)CC2)c1)NCC.I. The summed E-state index contributed by atoms with van der Waals surface area (Å²) in [6.45, 7) is 16.7. The van der Waals surface area contributed by atoms with Crippen LogP contribution in [0.15, 0.2) is 23.3 Å². The number of hydrogen-bond donors (Lipinski definition) is 2. The van der Waals surface area contributed by atoms with E-state index in [4.69, 9.17) is 14.5 Å². The fraction of sp³-hybridized carbons (Fsp3) is 0.739. The molecule has 2 heterocycles. The number of anilines is 1. The first-order chi connectivity index (χ1) is 15.3. The summed E-state index contributed by atoms with van der Waals surface area (Å²) >= 11 is 0. The average molecular weight is 563 g/mol. The number of halogens is 1. The molecule has 32 heavy (non-hydrogen) atoms. The molecule has 0 atom stereocenters. The highest BCUT2D eigenvalue weighted by atomic mass is 127. The van der Waals surface area contributed by atoms with Gasteiger partial charge in [-0.25, -0.2) is 9.98 Å². The predicted molar refractivity (Wildman–Crippen MR) is 143 cm³/mol. The summed E-state index contributed by atoms with van der Waals surface area (Å²) in [4.78, 5) is 14.1. The van der Waals surface area contributed by atoms with Gasteiger partial charge in [-0.05, 0) is 37.6 Å². The fourth-order valence-electron chi connectivity index (χ4n) is 3.35. The number of aromatic nitrogens is 1. The standard InChI is InChI=1S/C23H42N6O2.HI/c1-4-7-15-30-17-18-31-16-10-26-23(24-5-2)27-20-21-8-9-25-22(19-21)29-13-11-28(6-3)12-14-29;/h8-9,19H,4-7,10-18,20H2,1-3H3,(H2,24,26,27);1H. The van der Waals surface area contributed by atoms with Crippen LogP contribution in [0.25, 0.3) is 0 Å². The van der Waals surface area contributed by atoms with Crippen LogP contribution in [0.1, 0.15) is 39.2 Å². The zero-order valence-corrected chi connectivity index (χ0v) is 22.5. The van der Waals surface area contributed by atoms with Crippen molar-refractivity contribution in [3.05, 3.63) is 23.9 Å². The van der Waals surface area contributed by atoms with Gasteiger partial charge in [0.15, 0.2) is 5.96 Å². The molecule has 1 fully saturated rings. The monoisotopic (exact) mass is 562 g/mol. The molecule has 0 bridgehead atoms. The molecule has 0 aromatic carbocycles. The zero-order valence-electron chi connectivity index (χ0n) is 20.1. The number of rotatable bonds is 14. The Balaban J connectivity index is 0.00000512. The molecular weight excluding hydrogens is 519 g/mol. The quantitative estimate of drug-likeness (QED) is 0.156. The van der Waals surface area contributed by atoms with E-state index < -0.39 is 0 Å². The molecule has 9 heteroatoms. The third-order valence-corrected chi connectivity index (χ3v) is 5.27. The average Bonchev–Trinajstić information content (AvgIpc) is 2.81. The van der Waals surface area contributed by atoms with Gasteiger partial charge in [0.25, 0.3) is 0 Å². The third-order valence-electron chi connectivity index (χ3n) is 5.27. The maximum absolute atomic E-state index is 5.62. The van der Waals surface area contributed by atoms with Crippen LogP contribution in [0.3, 0.4) is 0 Å². The molecule has 0 saturated carbocycles. The van der Waals surface area contributed by atoms with Crippen molar-refractivity contribution in [3.63, 3.8) is 0 Å². The molecule has 184 valence electrons. The van der Waals surface area contributed by atoms with Crippen molar-refractivity contribution in [3.8, 4) is 0 Å². The van der Waals surface area contributed by atoms with Gasteiger partial charge in [0.05, 0.1) is 26.4 Å². The highest BCUT2D eigenvalue weighted by Gasteiger charge is 2.16. The van der Waals surface area contributed by atoms with Crippen LogP contribution >= 0.6 is 24.0 Å². The number of unbranched alkanes of at least 4 members (excludes halogenated alkanes) is 1. The Morgan fingerprint density at radius 1 is 1.03 bits per heavy atom. The van der Waals surface area contributed by atoms with E-state index in [2.05, 4.69) is 52.3 Å². The summed E-state index contributed by atoms with van der Waals surface area (Å²) in [5.74, 6) is 1.86. The Bertz CT molecular complexity index is 626. The summed E-state index contributed by atoms with van der Waals surface area (Å²) < 4.78 is 11.1. The van der Waals surface area contributed by atoms with Crippen LogP contribution in [0.4, 0.5) is 5.82 Å². The van der Waals surface area contributed by atoms with Gasteiger partial charge in [0.2, 0.25) is 0 Å². The van der Waals surface area contributed by atoms with Gasteiger partial charge in [-0.15, -0.1) is 24.0 Å². The number of aliphatic imine (C=N–C) groups is 1. The first-order valence-electron chi connectivity index (χ1n) is 11.9. The summed E-state index contributed by atoms with van der Waals surface area (Å²) in [7, 11) is 0. The lowest BCUT2D eigenvalue weighted by molar-refractivity contribution is 0.0487. The molecule has 1 aromatic rings. The summed E-state index contributed by atoms with van der Waals surface area (Å²) in [5.41, 5.74) is 1.17. The molecule has 8 nitrogen and oxygen atoms in total. The fourth-order valence-corrected chi connectivity index (χ4v) is 3.35. The van der Waals surface area contributed by atoms with Crippen molar-refractivity contribution in [2.75, 3.05) is 77.1 Å². The molecule has 0 aliphatic carbocycles. The summed E-state index contributed by atoms with van der Waals surface area (Å²) in [5, 5.41) is 6.63. The molecule has 0 spiro atoms. The van der Waals surface area contributed by atoms with E-state index in [1.165, 1.54) is 5.56 Å². The smallest absolute Gasteiger partial charge is 0.191 e. The Hall–Kier alpha value is -1.17. The van der Waals surface area contributed by atoms with Crippen LogP contribution < -0.4 is 15.5 Å². The molecule has 1 aliphatic heterocycles. The van der Waals surface area contributed by atoms with Crippen molar-refractivity contribution in [2.45, 2.75) is 40.2 Å². The summed E-state index contributed by atoms with van der Waals surface area (Å²) in [6, 6.07) is 4.21. The van der Waals surface area contributed by atoms with Crippen LogP contribution in [0.5, 0.6) is 0 Å². The zero-order chi connectivity index (χ0) is 22.2. The Morgan fingerprint density at radius 3 is 2.47 bits per heavy atom. The van der Waals surface area contributed by atoms with E-state index in [0.717, 1.165) is 70.5 Å². The van der Waals surface area contributed by atoms with Gasteiger partial charge < -0.3 is 29.9 Å². The Labute approximate surface area is 211 Å². The van der Waals surface area contributed by atoms with Crippen LogP contribution in [0, 0.1) is 0 Å². The van der Waals surface area contributed by atoms with Crippen molar-refractivity contribution in [2.24, 2.45) is 4.99 Å². The molecular formula is C23H43IN6O2. The minimum absolute atomic E-state index is 0. The van der Waals surface area contributed by atoms with E-state index in [1.807, 2.05) is 12.3 Å². The lowest BCUT2D eigenvalue weighted by atomic mass is 10.2. The number of nitrogens with one attached hydrogen (secondary N) is 2. The minimum atomic E-state index is 0. The third kappa shape index (κ3) is 11.6. The molecule has 2 rings (SSSR count). The van der Waals surface area contributed by atoms with Crippen LogP contribution in [-0.4, -0.2) is 88.1 Å². The highest BCUT2D eigenvalue weighted by Crippen LogP contribution is 2.15. The van der Waals surface area contributed by atoms with Gasteiger partial charge in [-0.2, -0.15) is 0 Å². The van der Waals surface area contributed by atoms with Crippen molar-refractivity contribution >= 4 is 35.8 Å². The highest BCUT2D eigenvalue weighted by molar-refractivity contribution is 14.0. The minimum Gasteiger partial charge on any atom is -0.379 e. The number of nitrogens with zero attached hydrogens (tertiary/aromatic N) is 4. The molecule has 2 N–H and O–H groups in total. The normalized spacial score (nSPS) is 14.8. The van der Waals surface area contributed by atoms with Crippen molar-refractivity contribution < 1.29 is 9.47 Å². The topological polar surface area (TPSA) is 74.2 Å². The Kier molecular flexibility index (Phi) is 16.5. The number of guanidine groups is 1. The van der Waals surface area contributed by atoms with Crippen LogP contribution in [-0.2, 0) is 16.0 Å². The lowest BCUT2D eigenvalue weighted by Gasteiger charge is -2.34. The van der Waals surface area contributed by atoms with E-state index in [1.54, 1.807) is 0 Å². The van der Waals surface area contributed by atoms with E-state index >= 15 is 0 Å². The van der Waals surface area contributed by atoms with Gasteiger partial charge in [0, 0.05) is 52.1 Å². The number of likely N-dealkylation sites (N-methyl/N-ethyl adjacent to an activating group) is 1. The lowest BCUT2D eigenvalue weighted by Crippen LogP contribution is -2.46. The van der Waals surface area contributed by atoms with E-state index in [0.29, 0.717) is 32.9 Å². The molecule has 0 amide bonds. The first kappa shape index (κ1) is 28.9. The van der Waals surface area contributed by atoms with E-state index in [9.17, 15) is 0 Å². The number of piperazine rings is 1.